The van der Waals surface area contributed by atoms with E-state index in [-0.39, 0.29) is 49.8 Å². The molecule has 0 fully saturated rings. The van der Waals surface area contributed by atoms with Crippen LogP contribution >= 0.6 is 0 Å². The average Bonchev–Trinajstić information content (AvgIpc) is 3.53. The molecule has 49 heavy (non-hydrogen) atoms. The van der Waals surface area contributed by atoms with Crippen molar-refractivity contribution in [2.24, 2.45) is 11.8 Å². The van der Waals surface area contributed by atoms with Gasteiger partial charge in [-0.3, -0.25) is 14.4 Å². The van der Waals surface area contributed by atoms with Gasteiger partial charge in [-0.05, 0) is 67.7 Å². The van der Waals surface area contributed by atoms with Gasteiger partial charge in [0.25, 0.3) is 0 Å². The first-order valence-corrected chi connectivity index (χ1v) is 17.1. The second-order valence-corrected chi connectivity index (χ2v) is 12.6. The molecule has 0 bridgehead atoms. The molecular formula is C41H49N3O5. The lowest BCUT2D eigenvalue weighted by molar-refractivity contribution is -0.150. The summed E-state index contributed by atoms with van der Waals surface area (Å²) in [6.45, 7) is 7.37. The molecule has 3 aromatic carbocycles. The van der Waals surface area contributed by atoms with Crippen LogP contribution in [0.2, 0.25) is 0 Å². The number of unbranched alkanes of at least 4 members (excludes halogenated alkanes) is 1. The van der Waals surface area contributed by atoms with Crippen molar-refractivity contribution in [2.45, 2.75) is 63.5 Å². The number of aliphatic hydroxyl groups is 1. The minimum atomic E-state index is -0.695. The van der Waals surface area contributed by atoms with Gasteiger partial charge in [0.2, 0.25) is 11.8 Å². The van der Waals surface area contributed by atoms with Crippen molar-refractivity contribution in [3.05, 3.63) is 133 Å². The standard InChI is InChI=1S/C41H49N3O5/c1-3-5-8-20-33(23-30-16-9-6-10-17-30)41(48)49-29-36(25-34-27-42-38-22-14-13-21-37(34)38)44-40(47)32(15-4-2)26-39(46)43-35(28-45)24-31-18-11-7-12-19-31/h3-4,6-7,9-14,16-19,21-22,27,32-33,35-36,42,45H,1-2,5,8,15,20,23-26,28-29H2,(H,43,46)(H,44,47). The first-order chi connectivity index (χ1) is 23.9. The molecule has 0 aliphatic carbocycles. The number of aromatic nitrogens is 1. The number of carbonyl (C=O) groups excluding carboxylic acids is 3. The summed E-state index contributed by atoms with van der Waals surface area (Å²) in [6, 6.07) is 26.4. The van der Waals surface area contributed by atoms with Crippen LogP contribution in [0.25, 0.3) is 10.9 Å². The van der Waals surface area contributed by atoms with Crippen LogP contribution in [0.3, 0.4) is 0 Å². The van der Waals surface area contributed by atoms with Crippen molar-refractivity contribution in [1.82, 2.24) is 15.6 Å². The molecule has 1 aromatic heterocycles. The van der Waals surface area contributed by atoms with E-state index in [1.807, 2.05) is 97.2 Å². The van der Waals surface area contributed by atoms with Crippen molar-refractivity contribution in [2.75, 3.05) is 13.2 Å². The maximum absolute atomic E-state index is 13.8. The van der Waals surface area contributed by atoms with Gasteiger partial charge in [-0.25, -0.2) is 0 Å². The lowest BCUT2D eigenvalue weighted by Crippen LogP contribution is -2.45. The van der Waals surface area contributed by atoms with Gasteiger partial charge in [-0.2, -0.15) is 0 Å². The Morgan fingerprint density at radius 1 is 0.796 bits per heavy atom. The smallest absolute Gasteiger partial charge is 0.309 e. The van der Waals surface area contributed by atoms with Crippen molar-refractivity contribution in [3.8, 4) is 0 Å². The number of benzene rings is 3. The SMILES string of the molecule is C=CCCCC(Cc1ccccc1)C(=O)OCC(Cc1c[nH]c2ccccc12)NC(=O)C(CC=C)CC(=O)NC(CO)Cc1ccccc1. The predicted octanol–water partition coefficient (Wildman–Crippen LogP) is 6.26. The average molecular weight is 664 g/mol. The first kappa shape index (κ1) is 36.9. The minimum absolute atomic E-state index is 0.0203. The Kier molecular flexibility index (Phi) is 14.9. The number of amides is 2. The summed E-state index contributed by atoms with van der Waals surface area (Å²) in [4.78, 5) is 43.7. The molecule has 1 heterocycles. The first-order valence-electron chi connectivity index (χ1n) is 17.1. The van der Waals surface area contributed by atoms with Gasteiger partial charge in [-0.1, -0.05) is 91.0 Å². The van der Waals surface area contributed by atoms with Crippen LogP contribution in [0.15, 0.2) is 116 Å². The number of hydrogen-bond acceptors (Lipinski definition) is 5. The summed E-state index contributed by atoms with van der Waals surface area (Å²) in [5.74, 6) is -1.99. The van der Waals surface area contributed by atoms with E-state index in [0.29, 0.717) is 25.7 Å². The monoisotopic (exact) mass is 663 g/mol. The third kappa shape index (κ3) is 11.9. The van der Waals surface area contributed by atoms with E-state index in [0.717, 1.165) is 40.4 Å². The van der Waals surface area contributed by atoms with Crippen LogP contribution in [0, 0.1) is 11.8 Å². The van der Waals surface area contributed by atoms with Gasteiger partial charge >= 0.3 is 5.97 Å². The third-order valence-corrected chi connectivity index (χ3v) is 8.70. The number of fused-ring (bicyclic) bond motifs is 1. The highest BCUT2D eigenvalue weighted by Crippen LogP contribution is 2.22. The zero-order valence-corrected chi connectivity index (χ0v) is 28.2. The minimum Gasteiger partial charge on any atom is -0.463 e. The number of nitrogens with one attached hydrogen (secondary N) is 3. The Morgan fingerprint density at radius 2 is 1.47 bits per heavy atom. The Morgan fingerprint density at radius 3 is 2.14 bits per heavy atom. The normalized spacial score (nSPS) is 13.5. The summed E-state index contributed by atoms with van der Waals surface area (Å²) in [6.07, 6.45) is 9.33. The van der Waals surface area contributed by atoms with E-state index >= 15 is 0 Å². The van der Waals surface area contributed by atoms with E-state index in [1.165, 1.54) is 0 Å². The maximum atomic E-state index is 13.8. The summed E-state index contributed by atoms with van der Waals surface area (Å²) in [5.41, 5.74) is 4.00. The molecular weight excluding hydrogens is 614 g/mol. The van der Waals surface area contributed by atoms with Crippen LogP contribution in [0.5, 0.6) is 0 Å². The molecule has 4 aromatic rings. The van der Waals surface area contributed by atoms with Gasteiger partial charge < -0.3 is 25.5 Å². The molecule has 0 aliphatic rings. The van der Waals surface area contributed by atoms with Crippen molar-refractivity contribution >= 4 is 28.7 Å². The Bertz CT molecular complexity index is 1630. The molecule has 0 saturated carbocycles. The fraction of sp³-hybridized carbons (Fsp3) is 0.341. The number of para-hydroxylation sites is 1. The molecule has 2 amide bonds. The quantitative estimate of drug-likeness (QED) is 0.0477. The third-order valence-electron chi connectivity index (χ3n) is 8.70. The molecule has 4 atom stereocenters. The highest BCUT2D eigenvalue weighted by molar-refractivity contribution is 5.87. The molecule has 0 saturated heterocycles. The predicted molar refractivity (Wildman–Crippen MR) is 195 cm³/mol. The topological polar surface area (TPSA) is 121 Å². The second-order valence-electron chi connectivity index (χ2n) is 12.6. The van der Waals surface area contributed by atoms with Gasteiger partial charge in [0.15, 0.2) is 0 Å². The fourth-order valence-corrected chi connectivity index (χ4v) is 6.10. The van der Waals surface area contributed by atoms with E-state index in [9.17, 15) is 19.5 Å². The largest absolute Gasteiger partial charge is 0.463 e. The van der Waals surface area contributed by atoms with Gasteiger partial charge in [0.05, 0.1) is 30.5 Å². The molecule has 258 valence electrons. The van der Waals surface area contributed by atoms with Gasteiger partial charge in [0, 0.05) is 23.5 Å². The van der Waals surface area contributed by atoms with Crippen LogP contribution in [0.1, 0.15) is 48.8 Å². The number of carbonyl (C=O) groups is 3. The van der Waals surface area contributed by atoms with E-state index in [4.69, 9.17) is 4.74 Å². The lowest BCUT2D eigenvalue weighted by atomic mass is 9.94. The van der Waals surface area contributed by atoms with Crippen LogP contribution in [0.4, 0.5) is 0 Å². The van der Waals surface area contributed by atoms with E-state index in [1.54, 1.807) is 6.08 Å². The Hall–Kier alpha value is -4.95. The highest BCUT2D eigenvalue weighted by Gasteiger charge is 2.27. The molecule has 0 aliphatic heterocycles. The van der Waals surface area contributed by atoms with E-state index in [2.05, 4.69) is 28.8 Å². The lowest BCUT2D eigenvalue weighted by Gasteiger charge is -2.24. The van der Waals surface area contributed by atoms with Crippen LogP contribution in [-0.2, 0) is 38.4 Å². The number of hydrogen-bond donors (Lipinski definition) is 4. The number of aliphatic hydroxyl groups excluding tert-OH is 1. The Labute approximate surface area is 289 Å². The molecule has 4 rings (SSSR count). The summed E-state index contributed by atoms with van der Waals surface area (Å²) >= 11 is 0. The van der Waals surface area contributed by atoms with Gasteiger partial charge in [-0.15, -0.1) is 13.2 Å². The number of esters is 1. The summed E-state index contributed by atoms with van der Waals surface area (Å²) in [7, 11) is 0. The highest BCUT2D eigenvalue weighted by atomic mass is 16.5. The summed E-state index contributed by atoms with van der Waals surface area (Å²) < 4.78 is 5.96. The Balaban J connectivity index is 1.46. The number of H-pyrrole nitrogens is 1. The zero-order chi connectivity index (χ0) is 34.8. The molecule has 0 radical (unpaired) electrons. The number of ether oxygens (including phenoxy) is 1. The molecule has 8 heteroatoms. The van der Waals surface area contributed by atoms with Crippen molar-refractivity contribution in [3.63, 3.8) is 0 Å². The van der Waals surface area contributed by atoms with Gasteiger partial charge in [0.1, 0.15) is 6.61 Å². The molecule has 4 unspecified atom stereocenters. The zero-order valence-electron chi connectivity index (χ0n) is 28.2. The number of aromatic amines is 1. The van der Waals surface area contributed by atoms with E-state index < -0.39 is 18.0 Å². The molecule has 0 spiro atoms. The maximum Gasteiger partial charge on any atom is 0.309 e. The van der Waals surface area contributed by atoms with Crippen LogP contribution in [-0.4, -0.2) is 53.2 Å². The number of allylic oxidation sites excluding steroid dienone is 2. The second kappa shape index (κ2) is 19.8. The van der Waals surface area contributed by atoms with Crippen molar-refractivity contribution < 1.29 is 24.2 Å². The fourth-order valence-electron chi connectivity index (χ4n) is 6.10. The van der Waals surface area contributed by atoms with Crippen molar-refractivity contribution in [1.29, 1.82) is 0 Å². The molecule has 8 nitrogen and oxygen atoms in total. The number of rotatable bonds is 21. The van der Waals surface area contributed by atoms with Crippen LogP contribution < -0.4 is 10.6 Å². The summed E-state index contributed by atoms with van der Waals surface area (Å²) in [5, 5.41) is 16.9. The molecule has 4 N–H and O–H groups in total.